The average Bonchev–Trinajstić information content (AvgIpc) is 2.41. The third-order valence-corrected chi connectivity index (χ3v) is 3.19. The summed E-state index contributed by atoms with van der Waals surface area (Å²) in [5, 5.41) is 13.9. The number of anilines is 1. The maximum Gasteiger partial charge on any atom is 0.274 e. The number of benzene rings is 1. The highest BCUT2D eigenvalue weighted by molar-refractivity contribution is 5.76. The van der Waals surface area contributed by atoms with E-state index in [1.165, 1.54) is 6.07 Å². The number of hydrogen-bond donors (Lipinski definition) is 1. The molecule has 6 nitrogen and oxygen atoms in total. The molecule has 0 saturated carbocycles. The van der Waals surface area contributed by atoms with Crippen LogP contribution in [0.15, 0.2) is 18.2 Å². The van der Waals surface area contributed by atoms with Crippen LogP contribution >= 0.6 is 0 Å². The molecule has 0 bridgehead atoms. The topological polar surface area (TPSA) is 75.5 Å². The fraction of sp³-hybridized carbons (Fsp3) is 0.500. The molecule has 0 atom stereocenters. The predicted molar refractivity (Wildman–Crippen MR) is 78.9 cm³/mol. The Balaban J connectivity index is 2.56. The quantitative estimate of drug-likeness (QED) is 0.615. The standard InChI is InChI=1S/C14H21N3O3/c1-4-16(5-2)14(18)8-9-15-12-7-6-11(3)13(10-12)17(19)20/h6-7,10,15H,4-5,8-9H2,1-3H3. The number of carbonyl (C=O) groups excluding carboxylic acids is 1. The van der Waals surface area contributed by atoms with E-state index in [0.29, 0.717) is 37.3 Å². The smallest absolute Gasteiger partial charge is 0.274 e. The molecule has 20 heavy (non-hydrogen) atoms. The summed E-state index contributed by atoms with van der Waals surface area (Å²) in [6, 6.07) is 4.98. The number of nitro groups is 1. The third kappa shape index (κ3) is 4.22. The first-order chi connectivity index (χ1) is 9.49. The molecule has 1 aromatic rings. The van der Waals surface area contributed by atoms with Gasteiger partial charge in [-0.05, 0) is 26.8 Å². The summed E-state index contributed by atoms with van der Waals surface area (Å²) in [6.07, 6.45) is 0.378. The van der Waals surface area contributed by atoms with Gasteiger partial charge in [0.1, 0.15) is 0 Å². The normalized spacial score (nSPS) is 10.2. The average molecular weight is 279 g/mol. The van der Waals surface area contributed by atoms with Crippen LogP contribution in [-0.4, -0.2) is 35.4 Å². The van der Waals surface area contributed by atoms with E-state index in [9.17, 15) is 14.9 Å². The molecule has 0 aliphatic rings. The van der Waals surface area contributed by atoms with Crippen molar-refractivity contribution in [2.45, 2.75) is 27.2 Å². The van der Waals surface area contributed by atoms with Crippen molar-refractivity contribution in [3.8, 4) is 0 Å². The first-order valence-corrected chi connectivity index (χ1v) is 6.76. The predicted octanol–water partition coefficient (Wildman–Crippen LogP) is 2.57. The number of amides is 1. The molecule has 0 aliphatic carbocycles. The molecular weight excluding hydrogens is 258 g/mol. The fourth-order valence-corrected chi connectivity index (χ4v) is 1.96. The van der Waals surface area contributed by atoms with Gasteiger partial charge in [0, 0.05) is 43.4 Å². The molecule has 0 aliphatic heterocycles. The fourth-order valence-electron chi connectivity index (χ4n) is 1.96. The van der Waals surface area contributed by atoms with Crippen molar-refractivity contribution in [3.63, 3.8) is 0 Å². The molecule has 0 aromatic heterocycles. The van der Waals surface area contributed by atoms with E-state index < -0.39 is 4.92 Å². The monoisotopic (exact) mass is 279 g/mol. The molecule has 6 heteroatoms. The molecule has 0 saturated heterocycles. The second-order valence-corrected chi connectivity index (χ2v) is 4.50. The Kier molecular flexibility index (Phi) is 5.96. The Labute approximate surface area is 118 Å². The van der Waals surface area contributed by atoms with Gasteiger partial charge >= 0.3 is 0 Å². The second-order valence-electron chi connectivity index (χ2n) is 4.50. The van der Waals surface area contributed by atoms with E-state index in [1.807, 2.05) is 13.8 Å². The van der Waals surface area contributed by atoms with Crippen molar-refractivity contribution in [2.75, 3.05) is 25.0 Å². The van der Waals surface area contributed by atoms with Gasteiger partial charge in [-0.2, -0.15) is 0 Å². The zero-order chi connectivity index (χ0) is 15.1. The van der Waals surface area contributed by atoms with Gasteiger partial charge in [-0.15, -0.1) is 0 Å². The van der Waals surface area contributed by atoms with Gasteiger partial charge in [0.05, 0.1) is 4.92 Å². The molecule has 0 spiro atoms. The molecule has 0 fully saturated rings. The highest BCUT2D eigenvalue weighted by atomic mass is 16.6. The van der Waals surface area contributed by atoms with Gasteiger partial charge in [-0.25, -0.2) is 0 Å². The van der Waals surface area contributed by atoms with Gasteiger partial charge in [0.25, 0.3) is 5.69 Å². The molecule has 0 heterocycles. The summed E-state index contributed by atoms with van der Waals surface area (Å²) in [6.45, 7) is 7.45. The minimum Gasteiger partial charge on any atom is -0.384 e. The van der Waals surface area contributed by atoms with Crippen molar-refractivity contribution in [1.29, 1.82) is 0 Å². The Morgan fingerprint density at radius 1 is 1.35 bits per heavy atom. The van der Waals surface area contributed by atoms with Crippen LogP contribution in [0.1, 0.15) is 25.8 Å². The third-order valence-electron chi connectivity index (χ3n) is 3.19. The number of hydrogen-bond acceptors (Lipinski definition) is 4. The summed E-state index contributed by atoms with van der Waals surface area (Å²) in [5.74, 6) is 0.0871. The van der Waals surface area contributed by atoms with E-state index in [4.69, 9.17) is 0 Å². The molecule has 0 radical (unpaired) electrons. The number of rotatable bonds is 7. The highest BCUT2D eigenvalue weighted by Gasteiger charge is 2.12. The molecule has 1 amide bonds. The van der Waals surface area contributed by atoms with E-state index in [0.717, 1.165) is 0 Å². The maximum absolute atomic E-state index is 11.8. The number of nitrogens with zero attached hydrogens (tertiary/aromatic N) is 2. The van der Waals surface area contributed by atoms with Gasteiger partial charge in [0.15, 0.2) is 0 Å². The number of carbonyl (C=O) groups is 1. The minimum atomic E-state index is -0.401. The van der Waals surface area contributed by atoms with Crippen LogP contribution in [-0.2, 0) is 4.79 Å². The molecule has 1 N–H and O–H groups in total. The first kappa shape index (κ1) is 15.9. The Bertz CT molecular complexity index is 485. The maximum atomic E-state index is 11.8. The van der Waals surface area contributed by atoms with Crippen LogP contribution in [0.25, 0.3) is 0 Å². The van der Waals surface area contributed by atoms with E-state index in [1.54, 1.807) is 24.0 Å². The van der Waals surface area contributed by atoms with E-state index in [-0.39, 0.29) is 11.6 Å². The summed E-state index contributed by atoms with van der Waals surface area (Å²) in [7, 11) is 0. The lowest BCUT2D eigenvalue weighted by atomic mass is 10.2. The zero-order valence-corrected chi connectivity index (χ0v) is 12.2. The number of nitrogens with one attached hydrogen (secondary N) is 1. The molecule has 0 unspecified atom stereocenters. The van der Waals surface area contributed by atoms with Gasteiger partial charge < -0.3 is 10.2 Å². The highest BCUT2D eigenvalue weighted by Crippen LogP contribution is 2.22. The van der Waals surface area contributed by atoms with E-state index in [2.05, 4.69) is 5.32 Å². The van der Waals surface area contributed by atoms with Crippen LogP contribution in [0.2, 0.25) is 0 Å². The van der Waals surface area contributed by atoms with Gasteiger partial charge in [0.2, 0.25) is 5.91 Å². The summed E-state index contributed by atoms with van der Waals surface area (Å²) < 4.78 is 0. The minimum absolute atomic E-state index is 0.0871. The zero-order valence-electron chi connectivity index (χ0n) is 12.2. The van der Waals surface area contributed by atoms with Crippen molar-refractivity contribution in [3.05, 3.63) is 33.9 Å². The second kappa shape index (κ2) is 7.47. The van der Waals surface area contributed by atoms with Crippen LogP contribution in [0.5, 0.6) is 0 Å². The van der Waals surface area contributed by atoms with Crippen molar-refractivity contribution < 1.29 is 9.72 Å². The summed E-state index contributed by atoms with van der Waals surface area (Å²) in [5.41, 5.74) is 1.37. The van der Waals surface area contributed by atoms with Crippen LogP contribution < -0.4 is 5.32 Å². The molecule has 1 aromatic carbocycles. The Hall–Kier alpha value is -2.11. The Morgan fingerprint density at radius 2 is 2.00 bits per heavy atom. The molecule has 110 valence electrons. The summed E-state index contributed by atoms with van der Waals surface area (Å²) in [4.78, 5) is 24.0. The van der Waals surface area contributed by atoms with Crippen LogP contribution in [0, 0.1) is 17.0 Å². The largest absolute Gasteiger partial charge is 0.384 e. The summed E-state index contributed by atoms with van der Waals surface area (Å²) >= 11 is 0. The van der Waals surface area contributed by atoms with Crippen LogP contribution in [0.3, 0.4) is 0 Å². The van der Waals surface area contributed by atoms with Gasteiger partial charge in [-0.1, -0.05) is 6.07 Å². The van der Waals surface area contributed by atoms with Crippen LogP contribution in [0.4, 0.5) is 11.4 Å². The van der Waals surface area contributed by atoms with Crippen molar-refractivity contribution in [1.82, 2.24) is 4.90 Å². The van der Waals surface area contributed by atoms with Crippen molar-refractivity contribution >= 4 is 17.3 Å². The molecular formula is C14H21N3O3. The lowest BCUT2D eigenvalue weighted by Crippen LogP contribution is -2.31. The SMILES string of the molecule is CCN(CC)C(=O)CCNc1ccc(C)c([N+](=O)[O-])c1. The van der Waals surface area contributed by atoms with E-state index >= 15 is 0 Å². The lowest BCUT2D eigenvalue weighted by Gasteiger charge is -2.18. The lowest BCUT2D eigenvalue weighted by molar-refractivity contribution is -0.385. The Morgan fingerprint density at radius 3 is 2.55 bits per heavy atom. The van der Waals surface area contributed by atoms with Crippen molar-refractivity contribution in [2.24, 2.45) is 0 Å². The first-order valence-electron chi connectivity index (χ1n) is 6.76. The molecule has 1 rings (SSSR count). The number of nitro benzene ring substituents is 1. The van der Waals surface area contributed by atoms with Gasteiger partial charge in [-0.3, -0.25) is 14.9 Å². The number of aryl methyl sites for hydroxylation is 1.